The highest BCUT2D eigenvalue weighted by Gasteiger charge is 2.31. The van der Waals surface area contributed by atoms with E-state index < -0.39 is 23.8 Å². The SMILES string of the molecule is C=CCOC(=O)N[C@@H](CCC)C(=O)C(=O)NC1CC1. The number of ether oxygens (including phenoxy) is 1. The van der Waals surface area contributed by atoms with Gasteiger partial charge in [0.15, 0.2) is 0 Å². The van der Waals surface area contributed by atoms with Crippen LogP contribution in [0.25, 0.3) is 0 Å². The Bertz CT molecular complexity index is 364. The molecule has 6 nitrogen and oxygen atoms in total. The lowest BCUT2D eigenvalue weighted by molar-refractivity contribution is -0.139. The van der Waals surface area contributed by atoms with Crippen LogP contribution in [0.1, 0.15) is 32.6 Å². The van der Waals surface area contributed by atoms with Gasteiger partial charge >= 0.3 is 6.09 Å². The molecule has 2 amide bonds. The minimum Gasteiger partial charge on any atom is -0.445 e. The Morgan fingerprint density at radius 2 is 2.11 bits per heavy atom. The van der Waals surface area contributed by atoms with Crippen molar-refractivity contribution in [1.29, 1.82) is 0 Å². The van der Waals surface area contributed by atoms with Crippen molar-refractivity contribution >= 4 is 17.8 Å². The zero-order valence-electron chi connectivity index (χ0n) is 11.1. The molecule has 6 heteroatoms. The molecule has 0 aliphatic heterocycles. The fraction of sp³-hybridized carbons (Fsp3) is 0.615. The summed E-state index contributed by atoms with van der Waals surface area (Å²) in [5, 5.41) is 5.02. The van der Waals surface area contributed by atoms with E-state index in [2.05, 4.69) is 17.2 Å². The maximum absolute atomic E-state index is 11.9. The summed E-state index contributed by atoms with van der Waals surface area (Å²) in [6.07, 6.45) is 3.61. The number of carbonyl (C=O) groups excluding carboxylic acids is 3. The smallest absolute Gasteiger partial charge is 0.408 e. The van der Waals surface area contributed by atoms with Gasteiger partial charge in [-0.2, -0.15) is 0 Å². The molecule has 0 heterocycles. The second-order valence-electron chi connectivity index (χ2n) is 4.48. The first-order valence-electron chi connectivity index (χ1n) is 6.47. The summed E-state index contributed by atoms with van der Waals surface area (Å²) < 4.78 is 4.74. The second-order valence-corrected chi connectivity index (χ2v) is 4.48. The number of hydrogen-bond donors (Lipinski definition) is 2. The van der Waals surface area contributed by atoms with Crippen LogP contribution in [0.5, 0.6) is 0 Å². The number of alkyl carbamates (subject to hydrolysis) is 1. The zero-order valence-corrected chi connectivity index (χ0v) is 11.1. The molecular formula is C13H20N2O4. The van der Waals surface area contributed by atoms with Gasteiger partial charge in [-0.05, 0) is 19.3 Å². The van der Waals surface area contributed by atoms with Gasteiger partial charge in [-0.25, -0.2) is 4.79 Å². The fourth-order valence-electron chi connectivity index (χ4n) is 1.52. The first-order chi connectivity index (χ1) is 9.08. The predicted octanol–water partition coefficient (Wildman–Crippen LogP) is 0.915. The summed E-state index contributed by atoms with van der Waals surface area (Å²) in [4.78, 5) is 34.9. The highest BCUT2D eigenvalue weighted by molar-refractivity contribution is 6.38. The minimum absolute atomic E-state index is 0.0626. The first kappa shape index (κ1) is 15.2. The molecule has 1 saturated carbocycles. The van der Waals surface area contributed by atoms with Gasteiger partial charge in [0, 0.05) is 6.04 Å². The Morgan fingerprint density at radius 3 is 2.63 bits per heavy atom. The summed E-state index contributed by atoms with van der Waals surface area (Å²) in [5.74, 6) is -1.26. The fourth-order valence-corrected chi connectivity index (χ4v) is 1.52. The van der Waals surface area contributed by atoms with E-state index in [1.165, 1.54) is 6.08 Å². The Balaban J connectivity index is 2.48. The topological polar surface area (TPSA) is 84.5 Å². The maximum atomic E-state index is 11.9. The normalized spacial score (nSPS) is 15.2. The number of amides is 2. The van der Waals surface area contributed by atoms with Crippen molar-refractivity contribution in [2.75, 3.05) is 6.61 Å². The van der Waals surface area contributed by atoms with Crippen molar-refractivity contribution in [3.63, 3.8) is 0 Å². The molecule has 0 spiro atoms. The van der Waals surface area contributed by atoms with Gasteiger partial charge in [0.1, 0.15) is 12.6 Å². The Morgan fingerprint density at radius 1 is 1.42 bits per heavy atom. The molecule has 19 heavy (non-hydrogen) atoms. The van der Waals surface area contributed by atoms with Gasteiger partial charge in [0.05, 0.1) is 0 Å². The quantitative estimate of drug-likeness (QED) is 0.506. The highest BCUT2D eigenvalue weighted by Crippen LogP contribution is 2.18. The number of Topliss-reactive ketones (excluding diaryl/α,β-unsaturated/α-hetero) is 1. The molecule has 0 bridgehead atoms. The molecule has 0 aromatic carbocycles. The third-order valence-electron chi connectivity index (χ3n) is 2.65. The summed E-state index contributed by atoms with van der Waals surface area (Å²) in [6, 6.07) is -0.715. The molecule has 1 aliphatic carbocycles. The maximum Gasteiger partial charge on any atom is 0.408 e. The molecule has 1 fully saturated rings. The van der Waals surface area contributed by atoms with Gasteiger partial charge in [-0.3, -0.25) is 9.59 Å². The standard InChI is InChI=1S/C13H20N2O4/c1-3-5-10(15-13(18)19-8-4-2)11(16)12(17)14-9-6-7-9/h4,9-10H,2-3,5-8H2,1H3,(H,14,17)(H,15,18)/t10-/m0/s1. The van der Waals surface area contributed by atoms with Crippen LogP contribution in [0.3, 0.4) is 0 Å². The van der Waals surface area contributed by atoms with Crippen LogP contribution >= 0.6 is 0 Å². The lowest BCUT2D eigenvalue weighted by Gasteiger charge is -2.16. The number of carbonyl (C=O) groups is 3. The van der Waals surface area contributed by atoms with Crippen LogP contribution in [-0.4, -0.2) is 36.5 Å². The molecule has 0 saturated heterocycles. The van der Waals surface area contributed by atoms with Crippen LogP contribution in [0.4, 0.5) is 4.79 Å². The second kappa shape index (κ2) is 7.56. The monoisotopic (exact) mass is 268 g/mol. The van der Waals surface area contributed by atoms with Crippen molar-refractivity contribution in [3.05, 3.63) is 12.7 Å². The van der Waals surface area contributed by atoms with Crippen LogP contribution in [-0.2, 0) is 14.3 Å². The first-order valence-corrected chi connectivity index (χ1v) is 6.47. The summed E-state index contributed by atoms with van der Waals surface area (Å²) >= 11 is 0. The van der Waals surface area contributed by atoms with E-state index in [-0.39, 0.29) is 12.6 Å². The number of hydrogen-bond acceptors (Lipinski definition) is 4. The average Bonchev–Trinajstić information content (AvgIpc) is 3.18. The molecule has 0 radical (unpaired) electrons. The summed E-state index contributed by atoms with van der Waals surface area (Å²) in [5.41, 5.74) is 0. The molecule has 106 valence electrons. The number of ketones is 1. The lowest BCUT2D eigenvalue weighted by Crippen LogP contribution is -2.48. The van der Waals surface area contributed by atoms with Crippen LogP contribution in [0.15, 0.2) is 12.7 Å². The number of rotatable bonds is 8. The third-order valence-corrected chi connectivity index (χ3v) is 2.65. The van der Waals surface area contributed by atoms with Gasteiger partial charge in [-0.15, -0.1) is 0 Å². The van der Waals surface area contributed by atoms with E-state index in [1.807, 2.05) is 6.92 Å². The predicted molar refractivity (Wildman–Crippen MR) is 69.5 cm³/mol. The third kappa shape index (κ3) is 5.54. The Hall–Kier alpha value is -1.85. The Labute approximate surface area is 112 Å². The van der Waals surface area contributed by atoms with E-state index in [9.17, 15) is 14.4 Å². The van der Waals surface area contributed by atoms with Crippen LogP contribution < -0.4 is 10.6 Å². The lowest BCUT2D eigenvalue weighted by atomic mass is 10.1. The zero-order chi connectivity index (χ0) is 14.3. The molecule has 0 unspecified atom stereocenters. The molecule has 1 atom stereocenters. The molecule has 0 aromatic heterocycles. The summed E-state index contributed by atoms with van der Waals surface area (Å²) in [7, 11) is 0. The van der Waals surface area contributed by atoms with Gasteiger partial charge in [0.2, 0.25) is 5.78 Å². The Kier molecular flexibility index (Phi) is 6.05. The van der Waals surface area contributed by atoms with Crippen molar-refractivity contribution in [1.82, 2.24) is 10.6 Å². The molecule has 0 aromatic rings. The van der Waals surface area contributed by atoms with E-state index in [4.69, 9.17) is 4.74 Å². The average molecular weight is 268 g/mol. The van der Waals surface area contributed by atoms with Crippen molar-refractivity contribution in [2.24, 2.45) is 0 Å². The summed E-state index contributed by atoms with van der Waals surface area (Å²) in [6.45, 7) is 5.35. The van der Waals surface area contributed by atoms with Gasteiger partial charge < -0.3 is 15.4 Å². The highest BCUT2D eigenvalue weighted by atomic mass is 16.5. The van der Waals surface area contributed by atoms with E-state index >= 15 is 0 Å². The number of nitrogens with one attached hydrogen (secondary N) is 2. The molecule has 1 aliphatic rings. The molecular weight excluding hydrogens is 248 g/mol. The van der Waals surface area contributed by atoms with Crippen molar-refractivity contribution in [3.8, 4) is 0 Å². The minimum atomic E-state index is -0.832. The van der Waals surface area contributed by atoms with Crippen molar-refractivity contribution < 1.29 is 19.1 Å². The van der Waals surface area contributed by atoms with Gasteiger partial charge in [0.25, 0.3) is 5.91 Å². The van der Waals surface area contributed by atoms with E-state index in [1.54, 1.807) is 0 Å². The van der Waals surface area contributed by atoms with Gasteiger partial charge in [-0.1, -0.05) is 26.0 Å². The van der Waals surface area contributed by atoms with E-state index in [0.29, 0.717) is 12.8 Å². The van der Waals surface area contributed by atoms with E-state index in [0.717, 1.165) is 12.8 Å². The molecule has 1 rings (SSSR count). The largest absolute Gasteiger partial charge is 0.445 e. The molecule has 2 N–H and O–H groups in total. The van der Waals surface area contributed by atoms with Crippen LogP contribution in [0.2, 0.25) is 0 Å². The van der Waals surface area contributed by atoms with Crippen LogP contribution in [0, 0.1) is 0 Å². The van der Waals surface area contributed by atoms with Crippen molar-refractivity contribution in [2.45, 2.75) is 44.7 Å².